The number of ether oxygens (including phenoxy) is 1. The number of nitrogens with zero attached hydrogens (tertiary/aromatic N) is 1. The highest BCUT2D eigenvalue weighted by molar-refractivity contribution is 9.10. The van der Waals surface area contributed by atoms with Gasteiger partial charge in [-0.2, -0.15) is 5.10 Å². The molecule has 7 heteroatoms. The lowest BCUT2D eigenvalue weighted by atomic mass is 10.4. The highest BCUT2D eigenvalue weighted by Crippen LogP contribution is 2.23. The zero-order chi connectivity index (χ0) is 13.0. The molecule has 2 aromatic rings. The zero-order valence-corrected chi connectivity index (χ0v) is 12.6. The van der Waals surface area contributed by atoms with E-state index in [1.807, 2.05) is 16.8 Å². The first-order chi connectivity index (χ1) is 8.70. The Morgan fingerprint density at radius 2 is 2.39 bits per heavy atom. The Balaban J connectivity index is 2.04. The summed E-state index contributed by atoms with van der Waals surface area (Å²) in [6.07, 6.45) is 1.70. The summed E-state index contributed by atoms with van der Waals surface area (Å²) < 4.78 is 5.71. The number of hydrazone groups is 1. The molecular formula is C11H9BrN2O2S2. The van der Waals surface area contributed by atoms with E-state index in [9.17, 15) is 4.79 Å². The Bertz CT molecular complexity index is 577. The van der Waals surface area contributed by atoms with Gasteiger partial charge >= 0.3 is 5.97 Å². The Morgan fingerprint density at radius 1 is 1.56 bits per heavy atom. The minimum Gasteiger partial charge on any atom is -0.465 e. The van der Waals surface area contributed by atoms with E-state index in [1.54, 1.807) is 23.6 Å². The monoisotopic (exact) mass is 344 g/mol. The third-order valence-electron chi connectivity index (χ3n) is 2.00. The summed E-state index contributed by atoms with van der Waals surface area (Å²) in [7, 11) is 1.36. The average molecular weight is 345 g/mol. The van der Waals surface area contributed by atoms with E-state index in [2.05, 4.69) is 31.2 Å². The van der Waals surface area contributed by atoms with Crippen molar-refractivity contribution in [2.75, 3.05) is 12.5 Å². The van der Waals surface area contributed by atoms with Crippen molar-refractivity contribution in [3.8, 4) is 0 Å². The van der Waals surface area contributed by atoms with Gasteiger partial charge in [-0.05, 0) is 33.4 Å². The van der Waals surface area contributed by atoms with Crippen LogP contribution in [0.25, 0.3) is 0 Å². The molecule has 0 aliphatic rings. The van der Waals surface area contributed by atoms with Crippen LogP contribution in [0.15, 0.2) is 32.5 Å². The summed E-state index contributed by atoms with van der Waals surface area (Å²) in [6, 6.07) is 3.75. The average Bonchev–Trinajstić information content (AvgIpc) is 2.98. The maximum absolute atomic E-state index is 11.4. The van der Waals surface area contributed by atoms with Crippen molar-refractivity contribution >= 4 is 56.5 Å². The molecule has 0 spiro atoms. The fraction of sp³-hybridized carbons (Fsp3) is 0.0909. The van der Waals surface area contributed by atoms with Crippen LogP contribution in [0.5, 0.6) is 0 Å². The van der Waals surface area contributed by atoms with Gasteiger partial charge in [0.2, 0.25) is 0 Å². The summed E-state index contributed by atoms with van der Waals surface area (Å²) >= 11 is 6.26. The minimum atomic E-state index is -0.360. The molecule has 0 aliphatic heterocycles. The van der Waals surface area contributed by atoms with E-state index < -0.39 is 0 Å². The van der Waals surface area contributed by atoms with Crippen LogP contribution in [0.3, 0.4) is 0 Å². The molecule has 0 fully saturated rings. The third kappa shape index (κ3) is 3.18. The fourth-order valence-electron chi connectivity index (χ4n) is 1.21. The number of nitrogens with one attached hydrogen (secondary N) is 1. The number of methoxy groups -OCH3 is 1. The van der Waals surface area contributed by atoms with Crippen LogP contribution in [0.4, 0.5) is 5.69 Å². The first-order valence-corrected chi connectivity index (χ1v) is 7.45. The van der Waals surface area contributed by atoms with E-state index in [0.29, 0.717) is 10.6 Å². The lowest BCUT2D eigenvalue weighted by molar-refractivity contribution is 0.0607. The molecule has 0 radical (unpaired) electrons. The topological polar surface area (TPSA) is 50.7 Å². The van der Waals surface area contributed by atoms with Gasteiger partial charge in [0.05, 0.1) is 19.0 Å². The van der Waals surface area contributed by atoms with Gasteiger partial charge in [-0.3, -0.25) is 5.43 Å². The van der Waals surface area contributed by atoms with Crippen LogP contribution in [0, 0.1) is 0 Å². The summed E-state index contributed by atoms with van der Waals surface area (Å²) in [6.45, 7) is 0. The van der Waals surface area contributed by atoms with Crippen LogP contribution in [0.2, 0.25) is 0 Å². The first kappa shape index (κ1) is 13.3. The second kappa shape index (κ2) is 6.12. The van der Waals surface area contributed by atoms with E-state index in [-0.39, 0.29) is 5.97 Å². The Kier molecular flexibility index (Phi) is 4.51. The number of anilines is 1. The smallest absolute Gasteiger partial charge is 0.350 e. The van der Waals surface area contributed by atoms with Gasteiger partial charge in [0.1, 0.15) is 4.88 Å². The molecule has 0 aliphatic carbocycles. The van der Waals surface area contributed by atoms with Crippen LogP contribution < -0.4 is 5.43 Å². The second-order valence-corrected chi connectivity index (χ2v) is 5.97. The van der Waals surface area contributed by atoms with Crippen molar-refractivity contribution in [3.05, 3.63) is 37.1 Å². The molecule has 2 aromatic heterocycles. The lowest BCUT2D eigenvalue weighted by Crippen LogP contribution is -2.01. The number of hydrogen-bond donors (Lipinski definition) is 1. The van der Waals surface area contributed by atoms with Gasteiger partial charge < -0.3 is 4.74 Å². The first-order valence-electron chi connectivity index (χ1n) is 4.89. The van der Waals surface area contributed by atoms with Crippen LogP contribution in [0.1, 0.15) is 14.5 Å². The van der Waals surface area contributed by atoms with Gasteiger partial charge in [-0.1, -0.05) is 0 Å². The van der Waals surface area contributed by atoms with Crippen molar-refractivity contribution in [2.24, 2.45) is 5.10 Å². The number of carbonyl (C=O) groups excluding carboxylic acids is 1. The Labute approximate surface area is 120 Å². The Morgan fingerprint density at radius 3 is 3.06 bits per heavy atom. The highest BCUT2D eigenvalue weighted by atomic mass is 79.9. The van der Waals surface area contributed by atoms with E-state index >= 15 is 0 Å². The SMILES string of the molecule is COC(=O)c1sccc1N/N=C\c1cc(Br)cs1. The molecule has 0 saturated heterocycles. The van der Waals surface area contributed by atoms with Crippen molar-refractivity contribution in [3.63, 3.8) is 0 Å². The number of thiophene rings is 2. The molecule has 0 atom stereocenters. The number of rotatable bonds is 4. The minimum absolute atomic E-state index is 0.360. The van der Waals surface area contributed by atoms with Crippen molar-refractivity contribution < 1.29 is 9.53 Å². The van der Waals surface area contributed by atoms with Crippen LogP contribution >= 0.6 is 38.6 Å². The van der Waals surface area contributed by atoms with Gasteiger partial charge in [0, 0.05) is 14.7 Å². The van der Waals surface area contributed by atoms with E-state index in [4.69, 9.17) is 0 Å². The molecule has 4 nitrogen and oxygen atoms in total. The largest absolute Gasteiger partial charge is 0.465 e. The zero-order valence-electron chi connectivity index (χ0n) is 9.34. The Hall–Kier alpha value is -1.18. The van der Waals surface area contributed by atoms with Gasteiger partial charge in [-0.25, -0.2) is 4.79 Å². The number of hydrogen-bond acceptors (Lipinski definition) is 6. The van der Waals surface area contributed by atoms with E-state index in [1.165, 1.54) is 18.4 Å². The third-order valence-corrected chi connectivity index (χ3v) is 4.52. The standard InChI is InChI=1S/C11H9BrN2O2S2/c1-16-11(15)10-9(2-3-17-10)14-13-5-8-4-7(12)6-18-8/h2-6,14H,1H3/b13-5-. The predicted octanol–water partition coefficient (Wildman–Crippen LogP) is 3.80. The molecule has 2 heterocycles. The number of carbonyl (C=O) groups is 1. The molecule has 0 amide bonds. The molecule has 18 heavy (non-hydrogen) atoms. The molecule has 0 saturated carbocycles. The van der Waals surface area contributed by atoms with Crippen molar-refractivity contribution in [1.82, 2.24) is 0 Å². The van der Waals surface area contributed by atoms with Gasteiger partial charge in [-0.15, -0.1) is 22.7 Å². The molecule has 0 unspecified atom stereocenters. The normalized spacial score (nSPS) is 10.8. The molecule has 94 valence electrons. The van der Waals surface area contributed by atoms with Gasteiger partial charge in [0.25, 0.3) is 0 Å². The van der Waals surface area contributed by atoms with E-state index in [0.717, 1.165) is 9.35 Å². The summed E-state index contributed by atoms with van der Waals surface area (Å²) in [4.78, 5) is 13.0. The number of esters is 1. The molecule has 2 rings (SSSR count). The second-order valence-electron chi connectivity index (χ2n) is 3.19. The van der Waals surface area contributed by atoms with Crippen LogP contribution in [-0.4, -0.2) is 19.3 Å². The van der Waals surface area contributed by atoms with Crippen molar-refractivity contribution in [2.45, 2.75) is 0 Å². The fourth-order valence-corrected chi connectivity index (χ4v) is 3.27. The summed E-state index contributed by atoms with van der Waals surface area (Å²) in [5.74, 6) is -0.360. The lowest BCUT2D eigenvalue weighted by Gasteiger charge is -2.00. The molecule has 1 N–H and O–H groups in total. The number of halogens is 1. The predicted molar refractivity (Wildman–Crippen MR) is 78.9 cm³/mol. The van der Waals surface area contributed by atoms with Crippen LogP contribution in [-0.2, 0) is 4.74 Å². The summed E-state index contributed by atoms with van der Waals surface area (Å²) in [5.41, 5.74) is 3.49. The molecule has 0 aromatic carbocycles. The summed E-state index contributed by atoms with van der Waals surface area (Å²) in [5, 5.41) is 7.88. The maximum atomic E-state index is 11.4. The maximum Gasteiger partial charge on any atom is 0.350 e. The van der Waals surface area contributed by atoms with Crippen molar-refractivity contribution in [1.29, 1.82) is 0 Å². The quantitative estimate of drug-likeness (QED) is 0.521. The molecular weight excluding hydrogens is 336 g/mol. The van der Waals surface area contributed by atoms with Gasteiger partial charge in [0.15, 0.2) is 0 Å². The highest BCUT2D eigenvalue weighted by Gasteiger charge is 2.12. The molecule has 0 bridgehead atoms.